The predicted molar refractivity (Wildman–Crippen MR) is 116 cm³/mol. The van der Waals surface area contributed by atoms with Crippen molar-refractivity contribution in [1.29, 1.82) is 0 Å². The summed E-state index contributed by atoms with van der Waals surface area (Å²) in [6, 6.07) is 9.01. The Morgan fingerprint density at radius 3 is 2.44 bits per heavy atom. The molecule has 2 aromatic carbocycles. The molecule has 170 valence electrons. The summed E-state index contributed by atoms with van der Waals surface area (Å²) in [5.41, 5.74) is 1.36. The minimum Gasteiger partial charge on any atom is -0.387 e. The number of amides is 1. The molecule has 2 aliphatic heterocycles. The molecule has 1 fully saturated rings. The number of ether oxygens (including phenoxy) is 1. The number of benzene rings is 2. The van der Waals surface area contributed by atoms with Crippen molar-refractivity contribution in [2.45, 2.75) is 26.1 Å². The summed E-state index contributed by atoms with van der Waals surface area (Å²) in [6.07, 6.45) is -1.06. The Bertz CT molecular complexity index is 1030. The summed E-state index contributed by atoms with van der Waals surface area (Å²) in [7, 11) is 0. The summed E-state index contributed by atoms with van der Waals surface area (Å²) in [6.45, 7) is 5.33. The zero-order valence-electron chi connectivity index (χ0n) is 17.8. The van der Waals surface area contributed by atoms with E-state index in [2.05, 4.69) is 5.32 Å². The fraction of sp³-hybridized carbons (Fsp3) is 0.348. The van der Waals surface area contributed by atoms with Crippen LogP contribution in [0.2, 0.25) is 0 Å². The van der Waals surface area contributed by atoms with Gasteiger partial charge in [-0.3, -0.25) is 4.79 Å². The van der Waals surface area contributed by atoms with Gasteiger partial charge in [-0.2, -0.15) is 13.2 Å². The fourth-order valence-electron chi connectivity index (χ4n) is 3.83. The zero-order chi connectivity index (χ0) is 22.9. The predicted octanol–water partition coefficient (Wildman–Crippen LogP) is 4.76. The molecule has 0 spiro atoms. The van der Waals surface area contributed by atoms with Crippen LogP contribution in [0.25, 0.3) is 0 Å². The van der Waals surface area contributed by atoms with Crippen molar-refractivity contribution < 1.29 is 27.5 Å². The average Bonchev–Trinajstić information content (AvgIpc) is 3.19. The molecule has 1 atom stereocenters. The van der Waals surface area contributed by atoms with Gasteiger partial charge in [0.1, 0.15) is 6.26 Å². The highest BCUT2D eigenvalue weighted by Gasteiger charge is 2.36. The highest BCUT2D eigenvalue weighted by molar-refractivity contribution is 6.04. The third-order valence-electron chi connectivity index (χ3n) is 5.51. The quantitative estimate of drug-likeness (QED) is 0.733. The van der Waals surface area contributed by atoms with Gasteiger partial charge in [0, 0.05) is 30.0 Å². The molecular weight excluding hydrogens is 423 g/mol. The van der Waals surface area contributed by atoms with Gasteiger partial charge in [-0.05, 0) is 61.9 Å². The molecule has 0 bridgehead atoms. The Hall–Kier alpha value is -3.20. The molecule has 32 heavy (non-hydrogen) atoms. The van der Waals surface area contributed by atoms with Crippen LogP contribution in [0.15, 0.2) is 48.7 Å². The monoisotopic (exact) mass is 447 g/mol. The number of carbonyl (C=O) groups excluding carboxylic acids is 1. The first kappa shape index (κ1) is 22.0. The van der Waals surface area contributed by atoms with Crippen LogP contribution in [0.1, 0.15) is 28.4 Å². The summed E-state index contributed by atoms with van der Waals surface area (Å²) < 4.78 is 46.4. The summed E-state index contributed by atoms with van der Waals surface area (Å²) >= 11 is 0. The van der Waals surface area contributed by atoms with E-state index in [0.717, 1.165) is 17.3 Å². The second kappa shape index (κ2) is 8.74. The SMILES string of the molecule is Cc1cc(NC(=O)c2ccc(N3CCOCC3)c(C(F)(F)F)c2)ccc1N1OC=CC1C. The summed E-state index contributed by atoms with van der Waals surface area (Å²) in [5, 5.41) is 4.43. The number of alkyl halides is 3. The Labute approximate surface area is 184 Å². The van der Waals surface area contributed by atoms with Crippen molar-refractivity contribution >= 4 is 23.0 Å². The van der Waals surface area contributed by atoms with E-state index in [-0.39, 0.29) is 17.3 Å². The number of anilines is 3. The van der Waals surface area contributed by atoms with E-state index < -0.39 is 17.6 Å². The molecule has 1 unspecified atom stereocenters. The van der Waals surface area contributed by atoms with Crippen molar-refractivity contribution in [3.05, 3.63) is 65.4 Å². The van der Waals surface area contributed by atoms with E-state index >= 15 is 0 Å². The van der Waals surface area contributed by atoms with Crippen LogP contribution in [-0.2, 0) is 15.8 Å². The Morgan fingerprint density at radius 2 is 1.81 bits per heavy atom. The van der Waals surface area contributed by atoms with Crippen molar-refractivity contribution in [2.75, 3.05) is 41.6 Å². The van der Waals surface area contributed by atoms with Gasteiger partial charge in [0.2, 0.25) is 0 Å². The molecule has 2 heterocycles. The molecule has 0 radical (unpaired) electrons. The number of hydroxylamine groups is 1. The van der Waals surface area contributed by atoms with Crippen molar-refractivity contribution in [1.82, 2.24) is 0 Å². The minimum atomic E-state index is -4.58. The Morgan fingerprint density at radius 1 is 1.09 bits per heavy atom. The lowest BCUT2D eigenvalue weighted by Gasteiger charge is -2.31. The van der Waals surface area contributed by atoms with Crippen LogP contribution < -0.4 is 15.3 Å². The van der Waals surface area contributed by atoms with Gasteiger partial charge in [0.25, 0.3) is 5.91 Å². The van der Waals surface area contributed by atoms with E-state index in [0.29, 0.717) is 32.0 Å². The maximum absolute atomic E-state index is 13.7. The molecule has 1 saturated heterocycles. The van der Waals surface area contributed by atoms with E-state index in [1.807, 2.05) is 19.9 Å². The zero-order valence-corrected chi connectivity index (χ0v) is 17.8. The molecule has 2 aromatic rings. The van der Waals surface area contributed by atoms with Crippen LogP contribution in [0, 0.1) is 6.92 Å². The number of nitrogens with zero attached hydrogens (tertiary/aromatic N) is 2. The Kier molecular flexibility index (Phi) is 6.01. The first-order valence-corrected chi connectivity index (χ1v) is 10.3. The third kappa shape index (κ3) is 4.52. The first-order chi connectivity index (χ1) is 15.2. The Balaban J connectivity index is 1.55. The highest BCUT2D eigenvalue weighted by atomic mass is 19.4. The van der Waals surface area contributed by atoms with Crippen molar-refractivity contribution in [3.63, 3.8) is 0 Å². The van der Waals surface area contributed by atoms with Crippen LogP contribution in [0.5, 0.6) is 0 Å². The molecule has 0 saturated carbocycles. The lowest BCUT2D eigenvalue weighted by atomic mass is 10.1. The molecule has 6 nitrogen and oxygen atoms in total. The van der Waals surface area contributed by atoms with E-state index in [9.17, 15) is 18.0 Å². The standard InChI is InChI=1S/C23H24F3N3O3/c1-15-13-18(4-6-20(15)29-16(2)7-10-32-29)27-22(30)17-3-5-21(19(14-17)23(24,25)26)28-8-11-31-12-9-28/h3-7,10,13-14,16H,8-9,11-12H2,1-2H3,(H,27,30). The first-order valence-electron chi connectivity index (χ1n) is 10.3. The summed E-state index contributed by atoms with van der Waals surface area (Å²) in [4.78, 5) is 19.8. The average molecular weight is 447 g/mol. The smallest absolute Gasteiger partial charge is 0.387 e. The van der Waals surface area contributed by atoms with Gasteiger partial charge in [0.05, 0.1) is 30.5 Å². The molecule has 1 amide bonds. The lowest BCUT2D eigenvalue weighted by Crippen LogP contribution is -2.37. The molecule has 2 aliphatic rings. The number of hydrogen-bond donors (Lipinski definition) is 1. The number of halogens is 3. The number of morpholine rings is 1. The lowest BCUT2D eigenvalue weighted by molar-refractivity contribution is -0.137. The maximum atomic E-state index is 13.7. The van der Waals surface area contributed by atoms with Crippen LogP contribution in [0.4, 0.5) is 30.2 Å². The third-order valence-corrected chi connectivity index (χ3v) is 5.51. The largest absolute Gasteiger partial charge is 0.418 e. The van der Waals surface area contributed by atoms with Gasteiger partial charge >= 0.3 is 6.18 Å². The topological polar surface area (TPSA) is 54.0 Å². The van der Waals surface area contributed by atoms with E-state index in [1.165, 1.54) is 12.1 Å². The normalized spacial score (nSPS) is 18.6. The second-order valence-electron chi connectivity index (χ2n) is 7.78. The number of aryl methyl sites for hydroxylation is 1. The number of hydrogen-bond acceptors (Lipinski definition) is 5. The highest BCUT2D eigenvalue weighted by Crippen LogP contribution is 2.38. The molecule has 1 N–H and O–H groups in total. The van der Waals surface area contributed by atoms with Gasteiger partial charge in [0.15, 0.2) is 0 Å². The second-order valence-corrected chi connectivity index (χ2v) is 7.78. The van der Waals surface area contributed by atoms with Gasteiger partial charge in [-0.15, -0.1) is 0 Å². The van der Waals surface area contributed by atoms with Crippen molar-refractivity contribution in [3.8, 4) is 0 Å². The van der Waals surface area contributed by atoms with Crippen LogP contribution in [0.3, 0.4) is 0 Å². The van der Waals surface area contributed by atoms with Crippen LogP contribution in [-0.4, -0.2) is 38.3 Å². The minimum absolute atomic E-state index is 0.0586. The molecule has 4 rings (SSSR count). The molecule has 0 aliphatic carbocycles. The van der Waals surface area contributed by atoms with Crippen molar-refractivity contribution in [2.24, 2.45) is 0 Å². The van der Waals surface area contributed by atoms with Crippen LogP contribution >= 0.6 is 0 Å². The molecular formula is C23H24F3N3O3. The fourth-order valence-corrected chi connectivity index (χ4v) is 3.83. The van der Waals surface area contributed by atoms with E-state index in [1.54, 1.807) is 34.4 Å². The van der Waals surface area contributed by atoms with Gasteiger partial charge < -0.3 is 19.8 Å². The maximum Gasteiger partial charge on any atom is 0.418 e. The number of rotatable bonds is 4. The summed E-state index contributed by atoms with van der Waals surface area (Å²) in [5.74, 6) is -0.608. The number of nitrogens with one attached hydrogen (secondary N) is 1. The van der Waals surface area contributed by atoms with Gasteiger partial charge in [-0.25, -0.2) is 5.06 Å². The molecule has 0 aromatic heterocycles. The van der Waals surface area contributed by atoms with E-state index in [4.69, 9.17) is 9.57 Å². The molecule has 9 heteroatoms. The number of carbonyl (C=O) groups is 1. The van der Waals surface area contributed by atoms with Gasteiger partial charge in [-0.1, -0.05) is 0 Å².